The van der Waals surface area contributed by atoms with E-state index in [1.165, 1.54) is 24.3 Å². The molecule has 0 atom stereocenters. The quantitative estimate of drug-likeness (QED) is 0.138. The van der Waals surface area contributed by atoms with Gasteiger partial charge in [-0.25, -0.2) is 0 Å². The molecule has 0 bridgehead atoms. The summed E-state index contributed by atoms with van der Waals surface area (Å²) in [7, 11) is 0. The Balaban J connectivity index is 1.68. The van der Waals surface area contributed by atoms with E-state index < -0.39 is 42.4 Å². The second-order valence-electron chi connectivity index (χ2n) is 9.44. The van der Waals surface area contributed by atoms with Gasteiger partial charge in [0.05, 0.1) is 48.0 Å². The molecule has 0 spiro atoms. The van der Waals surface area contributed by atoms with Gasteiger partial charge in [0.25, 0.3) is 22.7 Å². The molecule has 43 heavy (non-hydrogen) atoms. The predicted octanol–water partition coefficient (Wildman–Crippen LogP) is 5.56. The molecule has 224 valence electrons. The van der Waals surface area contributed by atoms with Crippen LogP contribution in [0.3, 0.4) is 0 Å². The van der Waals surface area contributed by atoms with Crippen LogP contribution in [0.25, 0.3) is 0 Å². The Hall–Kier alpha value is -4.98. The molecule has 0 radical (unpaired) electrons. The minimum absolute atomic E-state index is 0.127. The Morgan fingerprint density at radius 2 is 1.00 bits per heavy atom. The summed E-state index contributed by atoms with van der Waals surface area (Å²) in [5.41, 5.74) is -1.72. The van der Waals surface area contributed by atoms with Crippen molar-refractivity contribution in [2.75, 3.05) is 0 Å². The lowest BCUT2D eigenvalue weighted by atomic mass is 10.3. The van der Waals surface area contributed by atoms with E-state index in [0.717, 1.165) is 35.7 Å². The minimum atomic E-state index is -0.715. The van der Waals surface area contributed by atoms with Gasteiger partial charge in [-0.3, -0.25) is 40.5 Å². The molecule has 2 aromatic carbocycles. The standard InChI is InChI=1S/C23H22N10O8S2/c1-12(2)28-20(24-26-22(28)42-18-7-5-14(30(34)35)9-16(18)32(38)39)11-21-25-27-23(29(21)13(3)4)43-19-8-6-15(31(36)37)10-17(19)33(40)41/h5-10,12-13H,11H2,1-4H3. The third-order valence-electron chi connectivity index (χ3n) is 5.92. The van der Waals surface area contributed by atoms with Gasteiger partial charge in [0, 0.05) is 24.2 Å². The second kappa shape index (κ2) is 12.5. The Morgan fingerprint density at radius 1 is 0.628 bits per heavy atom. The Labute approximate surface area is 250 Å². The number of nitro benzene ring substituents is 4. The van der Waals surface area contributed by atoms with Gasteiger partial charge in [0.15, 0.2) is 10.3 Å². The molecule has 18 nitrogen and oxygen atoms in total. The lowest BCUT2D eigenvalue weighted by molar-refractivity contribution is -0.396. The third kappa shape index (κ3) is 6.59. The Kier molecular flexibility index (Phi) is 8.99. The summed E-state index contributed by atoms with van der Waals surface area (Å²) in [5, 5.41) is 63.1. The SMILES string of the molecule is CC(C)n1c(Cc2nnc(Sc3ccc([N+](=O)[O-])cc3[N+](=O)[O-])n2C(C)C)nnc1Sc1ccc([N+](=O)[O-])cc1[N+](=O)[O-]. The van der Waals surface area contributed by atoms with Crippen LogP contribution >= 0.6 is 23.5 Å². The van der Waals surface area contributed by atoms with Gasteiger partial charge in [-0.15, -0.1) is 20.4 Å². The number of hydrogen-bond acceptors (Lipinski definition) is 14. The first-order valence-electron chi connectivity index (χ1n) is 12.4. The normalized spacial score (nSPS) is 11.3. The first-order valence-corrected chi connectivity index (χ1v) is 14.0. The monoisotopic (exact) mass is 630 g/mol. The molecular weight excluding hydrogens is 608 g/mol. The highest BCUT2D eigenvalue weighted by molar-refractivity contribution is 7.99. The van der Waals surface area contributed by atoms with Crippen molar-refractivity contribution in [2.24, 2.45) is 0 Å². The number of hydrogen-bond donors (Lipinski definition) is 0. The summed E-state index contributed by atoms with van der Waals surface area (Å²) >= 11 is 1.88. The maximum absolute atomic E-state index is 11.6. The van der Waals surface area contributed by atoms with Crippen molar-refractivity contribution < 1.29 is 19.7 Å². The summed E-state index contributed by atoms with van der Waals surface area (Å²) in [5.74, 6) is 0.906. The predicted molar refractivity (Wildman–Crippen MR) is 151 cm³/mol. The van der Waals surface area contributed by atoms with Crippen LogP contribution < -0.4 is 0 Å². The molecule has 0 amide bonds. The third-order valence-corrected chi connectivity index (χ3v) is 7.97. The largest absolute Gasteiger partial charge is 0.303 e. The average molecular weight is 631 g/mol. The summed E-state index contributed by atoms with van der Waals surface area (Å²) in [6.07, 6.45) is 0.127. The molecule has 0 saturated heterocycles. The molecule has 0 aliphatic heterocycles. The van der Waals surface area contributed by atoms with Crippen molar-refractivity contribution in [2.45, 2.75) is 66.3 Å². The van der Waals surface area contributed by atoms with Crippen LogP contribution in [0.15, 0.2) is 56.5 Å². The maximum atomic E-state index is 11.6. The molecule has 4 rings (SSSR count). The summed E-state index contributed by atoms with van der Waals surface area (Å²) in [6, 6.07) is 6.30. The lowest BCUT2D eigenvalue weighted by Crippen LogP contribution is -2.13. The van der Waals surface area contributed by atoms with Gasteiger partial charge in [0.1, 0.15) is 11.6 Å². The highest BCUT2D eigenvalue weighted by atomic mass is 32.2. The fourth-order valence-corrected chi connectivity index (χ4v) is 6.20. The van der Waals surface area contributed by atoms with Gasteiger partial charge < -0.3 is 9.13 Å². The van der Waals surface area contributed by atoms with Crippen LogP contribution in [0.2, 0.25) is 0 Å². The first-order chi connectivity index (χ1) is 20.3. The van der Waals surface area contributed by atoms with E-state index in [9.17, 15) is 40.5 Å². The van der Waals surface area contributed by atoms with E-state index in [0.29, 0.717) is 22.0 Å². The fraction of sp³-hybridized carbons (Fsp3) is 0.304. The molecule has 0 N–H and O–H groups in total. The summed E-state index contributed by atoms with van der Waals surface area (Å²) < 4.78 is 3.51. The highest BCUT2D eigenvalue weighted by Gasteiger charge is 2.27. The molecule has 0 unspecified atom stereocenters. The van der Waals surface area contributed by atoms with Crippen LogP contribution in [-0.4, -0.2) is 49.2 Å². The van der Waals surface area contributed by atoms with Crippen molar-refractivity contribution in [1.82, 2.24) is 29.5 Å². The van der Waals surface area contributed by atoms with Gasteiger partial charge in [-0.2, -0.15) is 0 Å². The zero-order valence-electron chi connectivity index (χ0n) is 22.9. The van der Waals surface area contributed by atoms with Gasteiger partial charge in [-0.05, 0) is 63.4 Å². The Morgan fingerprint density at radius 3 is 1.30 bits per heavy atom. The van der Waals surface area contributed by atoms with Crippen molar-refractivity contribution in [3.63, 3.8) is 0 Å². The number of benzene rings is 2. The molecule has 2 aromatic heterocycles. The van der Waals surface area contributed by atoms with Gasteiger partial charge in [0.2, 0.25) is 0 Å². The lowest BCUT2D eigenvalue weighted by Gasteiger charge is -2.16. The molecule has 4 aromatic rings. The first kappa shape index (κ1) is 31.0. The number of non-ortho nitro benzene ring substituents is 2. The van der Waals surface area contributed by atoms with Crippen LogP contribution in [0, 0.1) is 40.5 Å². The molecule has 20 heteroatoms. The smallest absolute Gasteiger partial charge is 0.290 e. The number of nitrogens with zero attached hydrogens (tertiary/aromatic N) is 10. The maximum Gasteiger partial charge on any atom is 0.290 e. The van der Waals surface area contributed by atoms with E-state index in [2.05, 4.69) is 20.4 Å². The van der Waals surface area contributed by atoms with E-state index in [4.69, 9.17) is 0 Å². The number of aromatic nitrogens is 6. The van der Waals surface area contributed by atoms with Crippen molar-refractivity contribution in [1.29, 1.82) is 0 Å². The summed E-state index contributed by atoms with van der Waals surface area (Å²) in [6.45, 7) is 7.46. The van der Waals surface area contributed by atoms with E-state index in [-0.39, 0.29) is 28.3 Å². The van der Waals surface area contributed by atoms with E-state index in [1.807, 2.05) is 27.7 Å². The van der Waals surface area contributed by atoms with Crippen LogP contribution in [0.1, 0.15) is 51.4 Å². The zero-order chi connectivity index (χ0) is 31.6. The average Bonchev–Trinajstić information content (AvgIpc) is 3.52. The molecule has 0 aliphatic carbocycles. The van der Waals surface area contributed by atoms with Crippen LogP contribution in [-0.2, 0) is 6.42 Å². The van der Waals surface area contributed by atoms with Crippen LogP contribution in [0.4, 0.5) is 22.7 Å². The second-order valence-corrected chi connectivity index (χ2v) is 11.5. The van der Waals surface area contributed by atoms with Crippen LogP contribution in [0.5, 0.6) is 0 Å². The number of rotatable bonds is 12. The summed E-state index contributed by atoms with van der Waals surface area (Å²) in [4.78, 5) is 42.9. The van der Waals surface area contributed by atoms with Crippen molar-refractivity contribution >= 4 is 46.3 Å². The fourth-order valence-electron chi connectivity index (χ4n) is 4.07. The topological polar surface area (TPSA) is 234 Å². The van der Waals surface area contributed by atoms with Gasteiger partial charge >= 0.3 is 0 Å². The minimum Gasteiger partial charge on any atom is -0.303 e. The molecule has 0 aliphatic rings. The molecular formula is C23H22N10O8S2. The number of nitro groups is 4. The zero-order valence-corrected chi connectivity index (χ0v) is 24.5. The van der Waals surface area contributed by atoms with Crippen molar-refractivity contribution in [3.05, 3.63) is 88.5 Å². The molecule has 0 saturated carbocycles. The molecule has 2 heterocycles. The van der Waals surface area contributed by atoms with Crippen molar-refractivity contribution in [3.8, 4) is 0 Å². The van der Waals surface area contributed by atoms with Gasteiger partial charge in [-0.1, -0.05) is 0 Å². The Bertz CT molecular complexity index is 1630. The highest BCUT2D eigenvalue weighted by Crippen LogP contribution is 2.39. The van der Waals surface area contributed by atoms with E-state index >= 15 is 0 Å². The molecule has 0 fully saturated rings. The van der Waals surface area contributed by atoms with E-state index in [1.54, 1.807) is 9.13 Å².